The lowest BCUT2D eigenvalue weighted by Crippen LogP contribution is -2.13. The maximum atomic E-state index is 12.2. The average Bonchev–Trinajstić information content (AvgIpc) is 2.89. The molecule has 0 saturated carbocycles. The van der Waals surface area contributed by atoms with Crippen molar-refractivity contribution in [3.05, 3.63) is 55.0 Å². The second kappa shape index (κ2) is 4.36. The van der Waals surface area contributed by atoms with E-state index >= 15 is 0 Å². The Labute approximate surface area is 109 Å². The van der Waals surface area contributed by atoms with Crippen LogP contribution in [0.25, 0.3) is 5.65 Å². The van der Waals surface area contributed by atoms with Crippen molar-refractivity contribution in [1.82, 2.24) is 14.6 Å². The van der Waals surface area contributed by atoms with Crippen LogP contribution >= 0.6 is 0 Å². The van der Waals surface area contributed by atoms with Crippen molar-refractivity contribution in [3.8, 4) is 0 Å². The lowest BCUT2D eigenvalue weighted by Gasteiger charge is -2.08. The summed E-state index contributed by atoms with van der Waals surface area (Å²) in [5, 5.41) is 4.02. The molecule has 2 heterocycles. The molecule has 0 fully saturated rings. The first-order valence-electron chi connectivity index (χ1n) is 5.53. The molecule has 0 spiro atoms. The van der Waals surface area contributed by atoms with Crippen molar-refractivity contribution < 1.29 is 8.42 Å². The number of anilines is 1. The van der Waals surface area contributed by atoms with Gasteiger partial charge in [-0.25, -0.2) is 17.9 Å². The zero-order chi connectivity index (χ0) is 13.3. The van der Waals surface area contributed by atoms with E-state index in [2.05, 4.69) is 14.8 Å². The van der Waals surface area contributed by atoms with E-state index < -0.39 is 10.0 Å². The molecular formula is C12H10N4O2S. The molecule has 2 aromatic heterocycles. The van der Waals surface area contributed by atoms with Crippen molar-refractivity contribution in [3.63, 3.8) is 0 Å². The lowest BCUT2D eigenvalue weighted by atomic mass is 10.4. The molecule has 7 heteroatoms. The summed E-state index contributed by atoms with van der Waals surface area (Å²) in [5.41, 5.74) is 0.853. The number of hydrogen-bond acceptors (Lipinski definition) is 4. The summed E-state index contributed by atoms with van der Waals surface area (Å²) in [6.07, 6.45) is 4.72. The molecule has 0 aliphatic heterocycles. The SMILES string of the molecule is O=S(=O)(Nc1ccnn2ccnc12)c1ccccc1. The molecular weight excluding hydrogens is 264 g/mol. The highest BCUT2D eigenvalue weighted by Crippen LogP contribution is 2.18. The smallest absolute Gasteiger partial charge is 0.262 e. The van der Waals surface area contributed by atoms with E-state index in [1.165, 1.54) is 22.8 Å². The third-order valence-electron chi connectivity index (χ3n) is 2.59. The molecule has 0 bridgehead atoms. The molecule has 0 amide bonds. The monoisotopic (exact) mass is 274 g/mol. The third-order valence-corrected chi connectivity index (χ3v) is 3.97. The van der Waals surface area contributed by atoms with E-state index in [1.54, 1.807) is 36.7 Å². The van der Waals surface area contributed by atoms with Gasteiger partial charge in [0.15, 0.2) is 5.65 Å². The van der Waals surface area contributed by atoms with Crippen LogP contribution < -0.4 is 4.72 Å². The van der Waals surface area contributed by atoms with E-state index in [1.807, 2.05) is 0 Å². The molecule has 96 valence electrons. The van der Waals surface area contributed by atoms with Crippen LogP contribution in [0.15, 0.2) is 59.9 Å². The first kappa shape index (κ1) is 11.7. The van der Waals surface area contributed by atoms with Gasteiger partial charge < -0.3 is 0 Å². The molecule has 3 rings (SSSR count). The predicted octanol–water partition coefficient (Wildman–Crippen LogP) is 1.53. The Balaban J connectivity index is 2.04. The van der Waals surface area contributed by atoms with Gasteiger partial charge >= 0.3 is 0 Å². The van der Waals surface area contributed by atoms with E-state index in [-0.39, 0.29) is 4.90 Å². The molecule has 0 atom stereocenters. The van der Waals surface area contributed by atoms with Crippen LogP contribution in [0.5, 0.6) is 0 Å². The maximum Gasteiger partial charge on any atom is 0.262 e. The number of imidazole rings is 1. The van der Waals surface area contributed by atoms with Crippen molar-refractivity contribution in [2.24, 2.45) is 0 Å². The van der Waals surface area contributed by atoms with Crippen molar-refractivity contribution in [2.45, 2.75) is 4.90 Å². The van der Waals surface area contributed by atoms with Gasteiger partial charge in [0.1, 0.15) is 0 Å². The normalized spacial score (nSPS) is 11.6. The summed E-state index contributed by atoms with van der Waals surface area (Å²) >= 11 is 0. The van der Waals surface area contributed by atoms with E-state index in [9.17, 15) is 8.42 Å². The summed E-state index contributed by atoms with van der Waals surface area (Å²) < 4.78 is 28.4. The Morgan fingerprint density at radius 2 is 1.84 bits per heavy atom. The number of benzene rings is 1. The number of sulfonamides is 1. The number of hydrogen-bond donors (Lipinski definition) is 1. The van der Waals surface area contributed by atoms with Gasteiger partial charge in [-0.1, -0.05) is 18.2 Å². The minimum absolute atomic E-state index is 0.205. The Hall–Kier alpha value is -2.41. The third kappa shape index (κ3) is 2.15. The summed E-state index contributed by atoms with van der Waals surface area (Å²) in [6, 6.07) is 9.75. The Kier molecular flexibility index (Phi) is 2.68. The van der Waals surface area contributed by atoms with Crippen LogP contribution in [0.3, 0.4) is 0 Å². The van der Waals surface area contributed by atoms with Crippen LogP contribution in [0.4, 0.5) is 5.69 Å². The Morgan fingerprint density at radius 1 is 1.05 bits per heavy atom. The zero-order valence-corrected chi connectivity index (χ0v) is 10.6. The maximum absolute atomic E-state index is 12.2. The second-order valence-corrected chi connectivity index (χ2v) is 5.54. The molecule has 1 N–H and O–H groups in total. The molecule has 19 heavy (non-hydrogen) atoms. The Bertz CT molecular complexity index is 812. The highest BCUT2D eigenvalue weighted by atomic mass is 32.2. The fourth-order valence-electron chi connectivity index (χ4n) is 1.72. The largest absolute Gasteiger partial charge is 0.276 e. The van der Waals surface area contributed by atoms with Gasteiger partial charge in [0.2, 0.25) is 0 Å². The molecule has 0 aliphatic rings. The second-order valence-electron chi connectivity index (χ2n) is 3.86. The number of fused-ring (bicyclic) bond motifs is 1. The summed E-state index contributed by atoms with van der Waals surface area (Å²) in [7, 11) is -3.61. The van der Waals surface area contributed by atoms with Crippen LogP contribution in [-0.4, -0.2) is 23.0 Å². The quantitative estimate of drug-likeness (QED) is 0.785. The zero-order valence-electron chi connectivity index (χ0n) is 9.76. The van der Waals surface area contributed by atoms with E-state index in [0.29, 0.717) is 11.3 Å². The van der Waals surface area contributed by atoms with Gasteiger partial charge in [-0.2, -0.15) is 5.10 Å². The fourth-order valence-corrected chi connectivity index (χ4v) is 2.80. The molecule has 0 saturated heterocycles. The van der Waals surface area contributed by atoms with Gasteiger partial charge in [-0.3, -0.25) is 4.72 Å². The van der Waals surface area contributed by atoms with Gasteiger partial charge in [-0.05, 0) is 18.2 Å². The summed E-state index contributed by atoms with van der Waals surface area (Å²) in [4.78, 5) is 4.28. The van der Waals surface area contributed by atoms with E-state index in [4.69, 9.17) is 0 Å². The van der Waals surface area contributed by atoms with Gasteiger partial charge in [0.25, 0.3) is 10.0 Å². The number of nitrogens with one attached hydrogen (secondary N) is 1. The summed E-state index contributed by atoms with van der Waals surface area (Å²) in [6.45, 7) is 0. The van der Waals surface area contributed by atoms with Crippen LogP contribution in [0.1, 0.15) is 0 Å². The van der Waals surface area contributed by atoms with Crippen LogP contribution in [0, 0.1) is 0 Å². The average molecular weight is 274 g/mol. The highest BCUT2D eigenvalue weighted by molar-refractivity contribution is 7.92. The first-order valence-corrected chi connectivity index (χ1v) is 7.01. The van der Waals surface area contributed by atoms with Crippen molar-refractivity contribution in [1.29, 1.82) is 0 Å². The van der Waals surface area contributed by atoms with Gasteiger partial charge in [0, 0.05) is 12.4 Å². The first-order chi connectivity index (χ1) is 9.17. The van der Waals surface area contributed by atoms with E-state index in [0.717, 1.165) is 0 Å². The fraction of sp³-hybridized carbons (Fsp3) is 0. The number of nitrogens with zero attached hydrogens (tertiary/aromatic N) is 3. The van der Waals surface area contributed by atoms with Crippen LogP contribution in [0.2, 0.25) is 0 Å². The standard InChI is InChI=1S/C12H10N4O2S/c17-19(18,10-4-2-1-3-5-10)15-11-6-7-14-16-9-8-13-12(11)16/h1-9,15H. The van der Waals surface area contributed by atoms with Crippen molar-refractivity contribution >= 4 is 21.4 Å². The number of aromatic nitrogens is 3. The summed E-state index contributed by atoms with van der Waals surface area (Å²) in [5.74, 6) is 0. The lowest BCUT2D eigenvalue weighted by molar-refractivity contribution is 0.601. The molecule has 0 radical (unpaired) electrons. The molecule has 6 nitrogen and oxygen atoms in total. The minimum atomic E-state index is -3.61. The van der Waals surface area contributed by atoms with Gasteiger partial charge in [-0.15, -0.1) is 0 Å². The molecule has 0 aliphatic carbocycles. The molecule has 3 aromatic rings. The van der Waals surface area contributed by atoms with Crippen molar-refractivity contribution in [2.75, 3.05) is 4.72 Å². The highest BCUT2D eigenvalue weighted by Gasteiger charge is 2.15. The Morgan fingerprint density at radius 3 is 2.63 bits per heavy atom. The van der Waals surface area contributed by atoms with Crippen LogP contribution in [-0.2, 0) is 10.0 Å². The number of rotatable bonds is 3. The molecule has 1 aromatic carbocycles. The van der Waals surface area contributed by atoms with Gasteiger partial charge in [0.05, 0.1) is 16.8 Å². The topological polar surface area (TPSA) is 76.4 Å². The molecule has 0 unspecified atom stereocenters. The minimum Gasteiger partial charge on any atom is -0.276 e. The predicted molar refractivity (Wildman–Crippen MR) is 70.2 cm³/mol.